The first-order chi connectivity index (χ1) is 10.2. The maximum absolute atomic E-state index is 11.7. The van der Waals surface area contributed by atoms with Crippen LogP contribution in [0.1, 0.15) is 23.8 Å². The van der Waals surface area contributed by atoms with Gasteiger partial charge in [-0.2, -0.15) is 0 Å². The number of aryl methyl sites for hydroxylation is 2. The Morgan fingerprint density at radius 1 is 1.33 bits per heavy atom. The molecule has 0 unspecified atom stereocenters. The molecule has 21 heavy (non-hydrogen) atoms. The van der Waals surface area contributed by atoms with E-state index in [-0.39, 0.29) is 5.91 Å². The first-order valence-corrected chi connectivity index (χ1v) is 6.86. The number of aromatic nitrogens is 2. The van der Waals surface area contributed by atoms with E-state index in [0.717, 1.165) is 17.7 Å². The van der Waals surface area contributed by atoms with Crippen molar-refractivity contribution < 1.29 is 13.9 Å². The molecule has 0 aliphatic rings. The van der Waals surface area contributed by atoms with Gasteiger partial charge in [0.25, 0.3) is 0 Å². The average molecular weight is 289 g/mol. The van der Waals surface area contributed by atoms with Gasteiger partial charge >= 0.3 is 0 Å². The number of rotatable bonds is 7. The van der Waals surface area contributed by atoms with E-state index in [4.69, 9.17) is 9.15 Å². The van der Waals surface area contributed by atoms with Crippen LogP contribution in [0.25, 0.3) is 0 Å². The van der Waals surface area contributed by atoms with Crippen molar-refractivity contribution >= 4 is 5.91 Å². The highest BCUT2D eigenvalue weighted by Crippen LogP contribution is 2.12. The van der Waals surface area contributed by atoms with E-state index >= 15 is 0 Å². The van der Waals surface area contributed by atoms with Gasteiger partial charge in [0.05, 0.1) is 7.11 Å². The van der Waals surface area contributed by atoms with Gasteiger partial charge in [-0.3, -0.25) is 4.79 Å². The number of hydrogen-bond acceptors (Lipinski definition) is 5. The van der Waals surface area contributed by atoms with E-state index in [1.807, 2.05) is 24.3 Å². The highest BCUT2D eigenvalue weighted by atomic mass is 16.5. The second-order valence-corrected chi connectivity index (χ2v) is 4.67. The number of ether oxygens (including phenoxy) is 1. The predicted octanol–water partition coefficient (Wildman–Crippen LogP) is 1.68. The number of carbonyl (C=O) groups is 1. The summed E-state index contributed by atoms with van der Waals surface area (Å²) in [5.74, 6) is 1.82. The van der Waals surface area contributed by atoms with Crippen LogP contribution in [0.15, 0.2) is 28.7 Å². The molecule has 6 nitrogen and oxygen atoms in total. The van der Waals surface area contributed by atoms with Crippen molar-refractivity contribution in [2.75, 3.05) is 13.7 Å². The van der Waals surface area contributed by atoms with Gasteiger partial charge < -0.3 is 14.5 Å². The van der Waals surface area contributed by atoms with Gasteiger partial charge in [0.15, 0.2) is 0 Å². The minimum atomic E-state index is -0.0197. The fraction of sp³-hybridized carbons (Fsp3) is 0.400. The highest BCUT2D eigenvalue weighted by Gasteiger charge is 2.06. The lowest BCUT2D eigenvalue weighted by molar-refractivity contribution is -0.121. The molecule has 1 heterocycles. The van der Waals surface area contributed by atoms with Crippen LogP contribution in [0.3, 0.4) is 0 Å². The summed E-state index contributed by atoms with van der Waals surface area (Å²) in [6.07, 6.45) is 1.58. The average Bonchev–Trinajstić information content (AvgIpc) is 2.91. The fourth-order valence-electron chi connectivity index (χ4n) is 1.92. The summed E-state index contributed by atoms with van der Waals surface area (Å²) in [5, 5.41) is 10.5. The number of benzene rings is 1. The third kappa shape index (κ3) is 4.91. The molecule has 0 aliphatic heterocycles. The zero-order chi connectivity index (χ0) is 15.1. The summed E-state index contributed by atoms with van der Waals surface area (Å²) in [4.78, 5) is 11.7. The number of hydrogen-bond donors (Lipinski definition) is 1. The topological polar surface area (TPSA) is 77.2 Å². The van der Waals surface area contributed by atoms with Gasteiger partial charge in [-0.25, -0.2) is 0 Å². The Bertz CT molecular complexity index is 595. The molecule has 2 aromatic rings. The number of amides is 1. The molecule has 0 saturated carbocycles. The van der Waals surface area contributed by atoms with E-state index < -0.39 is 0 Å². The molecule has 0 radical (unpaired) electrons. The van der Waals surface area contributed by atoms with Crippen LogP contribution in [0.2, 0.25) is 0 Å². The van der Waals surface area contributed by atoms with Crippen molar-refractivity contribution in [2.24, 2.45) is 0 Å². The summed E-state index contributed by atoms with van der Waals surface area (Å²) >= 11 is 0. The normalized spacial score (nSPS) is 10.4. The van der Waals surface area contributed by atoms with Gasteiger partial charge in [0, 0.05) is 26.3 Å². The Kier molecular flexibility index (Phi) is 5.31. The number of methoxy groups -OCH3 is 1. The summed E-state index contributed by atoms with van der Waals surface area (Å²) in [6.45, 7) is 2.32. The molecule has 2 rings (SSSR count). The van der Waals surface area contributed by atoms with Gasteiger partial charge in [0.1, 0.15) is 5.75 Å². The summed E-state index contributed by atoms with van der Waals surface area (Å²) < 4.78 is 10.4. The van der Waals surface area contributed by atoms with E-state index in [0.29, 0.717) is 31.2 Å². The van der Waals surface area contributed by atoms with Gasteiger partial charge in [-0.1, -0.05) is 12.1 Å². The first kappa shape index (κ1) is 15.0. The lowest BCUT2D eigenvalue weighted by atomic mass is 10.1. The Morgan fingerprint density at radius 2 is 2.19 bits per heavy atom. The van der Waals surface area contributed by atoms with Crippen molar-refractivity contribution in [2.45, 2.75) is 26.2 Å². The van der Waals surface area contributed by atoms with Crippen LogP contribution in [0.4, 0.5) is 0 Å². The molecule has 112 valence electrons. The smallest absolute Gasteiger partial charge is 0.220 e. The lowest BCUT2D eigenvalue weighted by Crippen LogP contribution is -2.25. The summed E-state index contributed by atoms with van der Waals surface area (Å²) in [5.41, 5.74) is 1.13. The van der Waals surface area contributed by atoms with Crippen LogP contribution in [0, 0.1) is 6.92 Å². The van der Waals surface area contributed by atoms with Crippen molar-refractivity contribution in [1.29, 1.82) is 0 Å². The molecule has 1 N–H and O–H groups in total. The first-order valence-electron chi connectivity index (χ1n) is 6.86. The summed E-state index contributed by atoms with van der Waals surface area (Å²) in [6, 6.07) is 7.81. The predicted molar refractivity (Wildman–Crippen MR) is 77.1 cm³/mol. The van der Waals surface area contributed by atoms with E-state index in [9.17, 15) is 4.79 Å². The number of nitrogens with zero attached hydrogens (tertiary/aromatic N) is 2. The lowest BCUT2D eigenvalue weighted by Gasteiger charge is -2.06. The van der Waals surface area contributed by atoms with Crippen molar-refractivity contribution in [3.05, 3.63) is 41.6 Å². The molecule has 0 bridgehead atoms. The van der Waals surface area contributed by atoms with Gasteiger partial charge in [-0.15, -0.1) is 10.2 Å². The number of nitrogens with one attached hydrogen (secondary N) is 1. The molecule has 0 aliphatic carbocycles. The molecule has 0 saturated heterocycles. The van der Waals surface area contributed by atoms with Crippen LogP contribution in [0.5, 0.6) is 5.75 Å². The zero-order valence-electron chi connectivity index (χ0n) is 12.3. The van der Waals surface area contributed by atoms with Crippen molar-refractivity contribution in [1.82, 2.24) is 15.5 Å². The molecule has 6 heteroatoms. The Hall–Kier alpha value is -2.37. The van der Waals surface area contributed by atoms with E-state index in [1.165, 1.54) is 0 Å². The SMILES string of the molecule is COc1cccc(CCNC(=O)CCc2nnc(C)o2)c1. The Morgan fingerprint density at radius 3 is 2.90 bits per heavy atom. The van der Waals surface area contributed by atoms with E-state index in [1.54, 1.807) is 14.0 Å². The maximum Gasteiger partial charge on any atom is 0.220 e. The molecule has 1 aromatic carbocycles. The van der Waals surface area contributed by atoms with E-state index in [2.05, 4.69) is 15.5 Å². The molecule has 1 amide bonds. The minimum Gasteiger partial charge on any atom is -0.497 e. The summed E-state index contributed by atoms with van der Waals surface area (Å²) in [7, 11) is 1.64. The third-order valence-electron chi connectivity index (χ3n) is 3.00. The molecule has 0 fully saturated rings. The minimum absolute atomic E-state index is 0.0197. The molecule has 0 atom stereocenters. The molecular formula is C15H19N3O3. The van der Waals surface area contributed by atoms with Crippen LogP contribution < -0.4 is 10.1 Å². The molecule has 0 spiro atoms. The largest absolute Gasteiger partial charge is 0.497 e. The quantitative estimate of drug-likeness (QED) is 0.839. The second kappa shape index (κ2) is 7.42. The van der Waals surface area contributed by atoms with Crippen molar-refractivity contribution in [3.63, 3.8) is 0 Å². The maximum atomic E-state index is 11.7. The monoisotopic (exact) mass is 289 g/mol. The Labute approximate surface area is 123 Å². The van der Waals surface area contributed by atoms with Crippen molar-refractivity contribution in [3.8, 4) is 5.75 Å². The second-order valence-electron chi connectivity index (χ2n) is 4.67. The molecular weight excluding hydrogens is 270 g/mol. The van der Waals surface area contributed by atoms with Gasteiger partial charge in [0.2, 0.25) is 17.7 Å². The van der Waals surface area contributed by atoms with Crippen LogP contribution in [-0.4, -0.2) is 29.8 Å². The standard InChI is InChI=1S/C15H19N3O3/c1-11-17-18-15(21-11)7-6-14(19)16-9-8-12-4-3-5-13(10-12)20-2/h3-5,10H,6-9H2,1-2H3,(H,16,19). The van der Waals surface area contributed by atoms with Crippen LogP contribution >= 0.6 is 0 Å². The zero-order valence-corrected chi connectivity index (χ0v) is 12.3. The fourth-order valence-corrected chi connectivity index (χ4v) is 1.92. The Balaban J connectivity index is 1.69. The highest BCUT2D eigenvalue weighted by molar-refractivity contribution is 5.75. The van der Waals surface area contributed by atoms with Crippen LogP contribution in [-0.2, 0) is 17.6 Å². The molecule has 1 aromatic heterocycles. The number of carbonyl (C=O) groups excluding carboxylic acids is 1. The van der Waals surface area contributed by atoms with Gasteiger partial charge in [-0.05, 0) is 24.1 Å². The third-order valence-corrected chi connectivity index (χ3v) is 3.00.